The van der Waals surface area contributed by atoms with Gasteiger partial charge in [-0.05, 0) is 23.6 Å². The van der Waals surface area contributed by atoms with Gasteiger partial charge in [-0.15, -0.1) is 0 Å². The summed E-state index contributed by atoms with van der Waals surface area (Å²) in [5.74, 6) is -2.71. The zero-order valence-electron chi connectivity index (χ0n) is 11.6. The van der Waals surface area contributed by atoms with Crippen molar-refractivity contribution < 1.29 is 22.0 Å². The molecule has 1 aromatic carbocycles. The summed E-state index contributed by atoms with van der Waals surface area (Å²) in [7, 11) is 0. The highest BCUT2D eigenvalue weighted by atomic mass is 19.4. The van der Waals surface area contributed by atoms with Crippen LogP contribution < -0.4 is 11.1 Å². The molecule has 0 saturated heterocycles. The molecule has 0 aromatic heterocycles. The van der Waals surface area contributed by atoms with E-state index in [2.05, 4.69) is 10.3 Å². The summed E-state index contributed by atoms with van der Waals surface area (Å²) in [6.45, 7) is 0.275. The van der Waals surface area contributed by atoms with E-state index in [4.69, 9.17) is 5.73 Å². The molecule has 0 aliphatic heterocycles. The maximum Gasteiger partial charge on any atom is 0.416 e. The lowest BCUT2D eigenvalue weighted by Gasteiger charge is -2.34. The Bertz CT molecular complexity index is 546. The standard InChI is InChI=1S/C14H16F5N3/c15-13(16)5-10(6-13)8-22-12(20)21-7-9-2-1-3-11(4-9)14(17,18)19/h1-4,10H,5-8H2,(H3,20,21,22). The van der Waals surface area contributed by atoms with E-state index in [-0.39, 0.29) is 37.8 Å². The molecule has 1 aromatic rings. The number of nitrogens with one attached hydrogen (secondary N) is 1. The van der Waals surface area contributed by atoms with E-state index in [0.29, 0.717) is 5.56 Å². The molecule has 2 rings (SSSR count). The first-order chi connectivity index (χ1) is 10.2. The molecule has 0 unspecified atom stereocenters. The number of nitrogens with two attached hydrogens (primary N) is 1. The Morgan fingerprint density at radius 3 is 2.59 bits per heavy atom. The predicted molar refractivity (Wildman–Crippen MR) is 72.4 cm³/mol. The molecule has 3 N–H and O–H groups in total. The summed E-state index contributed by atoms with van der Waals surface area (Å²) < 4.78 is 62.9. The minimum atomic E-state index is -4.40. The molecular formula is C14H16F5N3. The third-order valence-corrected chi connectivity index (χ3v) is 3.43. The zero-order valence-corrected chi connectivity index (χ0v) is 11.6. The van der Waals surface area contributed by atoms with Crippen LogP contribution in [0.2, 0.25) is 0 Å². The van der Waals surface area contributed by atoms with Crippen molar-refractivity contribution in [1.29, 1.82) is 0 Å². The van der Waals surface area contributed by atoms with Gasteiger partial charge in [0.05, 0.1) is 12.1 Å². The van der Waals surface area contributed by atoms with Crippen molar-refractivity contribution in [3.63, 3.8) is 0 Å². The fourth-order valence-electron chi connectivity index (χ4n) is 2.26. The number of aliphatic imine (C=N–C) groups is 1. The van der Waals surface area contributed by atoms with Crippen LogP contribution in [0.3, 0.4) is 0 Å². The first-order valence-electron chi connectivity index (χ1n) is 6.73. The molecule has 0 atom stereocenters. The first kappa shape index (κ1) is 16.5. The van der Waals surface area contributed by atoms with Crippen molar-refractivity contribution in [3.8, 4) is 0 Å². The van der Waals surface area contributed by atoms with Crippen molar-refractivity contribution in [1.82, 2.24) is 5.32 Å². The molecule has 1 aliphatic carbocycles. The van der Waals surface area contributed by atoms with Crippen LogP contribution in [0.25, 0.3) is 0 Å². The average molecular weight is 321 g/mol. The second kappa shape index (κ2) is 6.10. The molecule has 0 heterocycles. The third-order valence-electron chi connectivity index (χ3n) is 3.43. The molecule has 1 saturated carbocycles. The van der Waals surface area contributed by atoms with E-state index >= 15 is 0 Å². The molecule has 122 valence electrons. The van der Waals surface area contributed by atoms with Crippen molar-refractivity contribution in [2.24, 2.45) is 16.6 Å². The monoisotopic (exact) mass is 321 g/mol. The number of hydrogen-bond donors (Lipinski definition) is 2. The fraction of sp³-hybridized carbons (Fsp3) is 0.500. The molecule has 3 nitrogen and oxygen atoms in total. The Kier molecular flexibility index (Phi) is 4.58. The van der Waals surface area contributed by atoms with Gasteiger partial charge in [-0.1, -0.05) is 12.1 Å². The molecule has 0 spiro atoms. The van der Waals surface area contributed by atoms with E-state index in [0.717, 1.165) is 12.1 Å². The van der Waals surface area contributed by atoms with Gasteiger partial charge in [0.15, 0.2) is 5.96 Å². The summed E-state index contributed by atoms with van der Waals surface area (Å²) in [6, 6.07) is 4.79. The highest BCUT2D eigenvalue weighted by molar-refractivity contribution is 5.77. The van der Waals surface area contributed by atoms with Gasteiger partial charge in [0.1, 0.15) is 0 Å². The number of halogens is 5. The van der Waals surface area contributed by atoms with Crippen molar-refractivity contribution in [3.05, 3.63) is 35.4 Å². The minimum Gasteiger partial charge on any atom is -0.370 e. The van der Waals surface area contributed by atoms with Crippen molar-refractivity contribution in [2.75, 3.05) is 6.54 Å². The highest BCUT2D eigenvalue weighted by Crippen LogP contribution is 2.41. The van der Waals surface area contributed by atoms with Crippen LogP contribution in [0.4, 0.5) is 22.0 Å². The number of rotatable bonds is 4. The van der Waals surface area contributed by atoms with Crippen molar-refractivity contribution in [2.45, 2.75) is 31.5 Å². The maximum absolute atomic E-state index is 12.6. The van der Waals surface area contributed by atoms with Gasteiger partial charge in [0, 0.05) is 19.4 Å². The van der Waals surface area contributed by atoms with E-state index < -0.39 is 17.7 Å². The van der Waals surface area contributed by atoms with Gasteiger partial charge >= 0.3 is 6.18 Å². The first-order valence-corrected chi connectivity index (χ1v) is 6.73. The molecule has 0 radical (unpaired) electrons. The Balaban J connectivity index is 1.83. The van der Waals surface area contributed by atoms with Crippen LogP contribution in [0.1, 0.15) is 24.0 Å². The zero-order chi connectivity index (χ0) is 16.4. The molecule has 22 heavy (non-hydrogen) atoms. The lowest BCUT2D eigenvalue weighted by atomic mass is 9.81. The van der Waals surface area contributed by atoms with E-state index in [1.54, 1.807) is 0 Å². The summed E-state index contributed by atoms with van der Waals surface area (Å²) in [5, 5.41) is 2.71. The molecule has 0 bridgehead atoms. The van der Waals surface area contributed by atoms with Gasteiger partial charge in [0.2, 0.25) is 5.92 Å². The van der Waals surface area contributed by atoms with Gasteiger partial charge in [-0.2, -0.15) is 13.2 Å². The Morgan fingerprint density at radius 1 is 1.32 bits per heavy atom. The van der Waals surface area contributed by atoms with Crippen LogP contribution in [-0.4, -0.2) is 18.4 Å². The summed E-state index contributed by atoms with van der Waals surface area (Å²) in [6.07, 6.45) is -4.76. The molecule has 1 fully saturated rings. The molecule has 0 amide bonds. The Labute approximate surface area is 124 Å². The predicted octanol–water partition coefficient (Wildman–Crippen LogP) is 3.16. The van der Waals surface area contributed by atoms with E-state index in [1.807, 2.05) is 0 Å². The summed E-state index contributed by atoms with van der Waals surface area (Å²) in [4.78, 5) is 3.91. The Morgan fingerprint density at radius 2 is 2.00 bits per heavy atom. The number of hydrogen-bond acceptors (Lipinski definition) is 1. The van der Waals surface area contributed by atoms with Crippen LogP contribution >= 0.6 is 0 Å². The fourth-order valence-corrected chi connectivity index (χ4v) is 2.26. The second-order valence-electron chi connectivity index (χ2n) is 5.41. The number of guanidine groups is 1. The number of alkyl halides is 5. The smallest absolute Gasteiger partial charge is 0.370 e. The van der Waals surface area contributed by atoms with Gasteiger partial charge < -0.3 is 11.1 Å². The molecular weight excluding hydrogens is 305 g/mol. The van der Waals surface area contributed by atoms with Crippen LogP contribution in [-0.2, 0) is 12.7 Å². The number of benzene rings is 1. The average Bonchev–Trinajstić information content (AvgIpc) is 2.40. The highest BCUT2D eigenvalue weighted by Gasteiger charge is 2.44. The van der Waals surface area contributed by atoms with E-state index in [9.17, 15) is 22.0 Å². The Hall–Kier alpha value is -1.86. The number of nitrogens with zero attached hydrogens (tertiary/aromatic N) is 1. The molecule has 8 heteroatoms. The van der Waals surface area contributed by atoms with E-state index in [1.165, 1.54) is 12.1 Å². The summed E-state index contributed by atoms with van der Waals surface area (Å²) in [5.41, 5.74) is 5.19. The van der Waals surface area contributed by atoms with Crippen LogP contribution in [0, 0.1) is 5.92 Å². The van der Waals surface area contributed by atoms with Crippen molar-refractivity contribution >= 4 is 5.96 Å². The van der Waals surface area contributed by atoms with Crippen LogP contribution in [0.15, 0.2) is 29.3 Å². The second-order valence-corrected chi connectivity index (χ2v) is 5.41. The topological polar surface area (TPSA) is 50.4 Å². The SMILES string of the molecule is NC(=NCc1cccc(C(F)(F)F)c1)NCC1CC(F)(F)C1. The normalized spacial score (nSPS) is 18.9. The largest absolute Gasteiger partial charge is 0.416 e. The molecule has 1 aliphatic rings. The lowest BCUT2D eigenvalue weighted by molar-refractivity contribution is -0.137. The van der Waals surface area contributed by atoms with Gasteiger partial charge in [-0.25, -0.2) is 13.8 Å². The minimum absolute atomic E-state index is 0.0103. The summed E-state index contributed by atoms with van der Waals surface area (Å²) >= 11 is 0. The van der Waals surface area contributed by atoms with Gasteiger partial charge in [-0.3, -0.25) is 0 Å². The van der Waals surface area contributed by atoms with Crippen LogP contribution in [0.5, 0.6) is 0 Å². The lowest BCUT2D eigenvalue weighted by Crippen LogP contribution is -2.44. The maximum atomic E-state index is 12.6. The van der Waals surface area contributed by atoms with Gasteiger partial charge in [0.25, 0.3) is 0 Å². The third kappa shape index (κ3) is 4.57. The quantitative estimate of drug-likeness (QED) is 0.508.